The third kappa shape index (κ3) is 9.13. The number of hydrazine groups is 1. The van der Waals surface area contributed by atoms with E-state index >= 15 is 0 Å². The van der Waals surface area contributed by atoms with Gasteiger partial charge in [0.15, 0.2) is 0 Å². The van der Waals surface area contributed by atoms with Crippen LogP contribution < -0.4 is 5.32 Å². The van der Waals surface area contributed by atoms with Crippen molar-refractivity contribution in [1.82, 2.24) is 15.1 Å². The highest BCUT2D eigenvalue weighted by Crippen LogP contribution is 2.34. The maximum Gasteiger partial charge on any atom is 0.471 e. The van der Waals surface area contributed by atoms with Crippen LogP contribution >= 0.6 is 8.53 Å². The number of carbonyl (C=O) groups is 1. The molecule has 0 saturated carbocycles. The highest BCUT2D eigenvalue weighted by atomic mass is 31.2. The van der Waals surface area contributed by atoms with Crippen LogP contribution in [-0.4, -0.2) is 56.8 Å². The zero-order valence-electron chi connectivity index (χ0n) is 14.7. The summed E-state index contributed by atoms with van der Waals surface area (Å²) in [5.74, 6) is -1.91. The molecule has 0 aromatic carbocycles. The molecule has 144 valence electrons. The number of nitrogens with zero attached hydrogens (tertiary/aromatic N) is 2. The number of carbonyl (C=O) groups excluding carboxylic acids is 1. The molecule has 0 unspecified atom stereocenters. The average molecular weight is 375 g/mol. The smallest absolute Gasteiger partial charge is 0.348 e. The molecule has 0 fully saturated rings. The van der Waals surface area contributed by atoms with Gasteiger partial charge in [-0.25, -0.2) is 5.01 Å². The quantitative estimate of drug-likeness (QED) is 0.294. The molecule has 0 bridgehead atoms. The predicted octanol–water partition coefficient (Wildman–Crippen LogP) is 2.77. The molecular formula is C14H29F3N3O3P. The second kappa shape index (κ2) is 11.2. The first-order valence-electron chi connectivity index (χ1n) is 8.07. The van der Waals surface area contributed by atoms with Gasteiger partial charge in [0, 0.05) is 25.2 Å². The summed E-state index contributed by atoms with van der Waals surface area (Å²) in [5.41, 5.74) is 0. The number of halogens is 3. The van der Waals surface area contributed by atoms with Crippen molar-refractivity contribution in [2.75, 3.05) is 13.1 Å². The Morgan fingerprint density at radius 2 is 1.54 bits per heavy atom. The Bertz CT molecular complexity index is 361. The van der Waals surface area contributed by atoms with Crippen LogP contribution in [0, 0.1) is 0 Å². The van der Waals surface area contributed by atoms with Crippen LogP contribution in [-0.2, 0) is 4.79 Å². The third-order valence-electron chi connectivity index (χ3n) is 3.36. The molecule has 0 radical (unpaired) electrons. The van der Waals surface area contributed by atoms with Crippen molar-refractivity contribution in [3.05, 3.63) is 0 Å². The number of hydrogen-bond donors (Lipinski definition) is 3. The summed E-state index contributed by atoms with van der Waals surface area (Å²) in [6.07, 6.45) is -2.32. The molecule has 1 amide bonds. The summed E-state index contributed by atoms with van der Waals surface area (Å²) in [5, 5.41) is 3.74. The largest absolute Gasteiger partial charge is 0.471 e. The number of hydrogen-bond acceptors (Lipinski definition) is 5. The Kier molecular flexibility index (Phi) is 11.0. The van der Waals surface area contributed by atoms with Crippen molar-refractivity contribution in [2.24, 2.45) is 0 Å². The highest BCUT2D eigenvalue weighted by Gasteiger charge is 2.38. The summed E-state index contributed by atoms with van der Waals surface area (Å²) >= 11 is 0. The van der Waals surface area contributed by atoms with Crippen LogP contribution in [0.2, 0.25) is 0 Å². The lowest BCUT2D eigenvalue weighted by Crippen LogP contribution is -2.48. The Morgan fingerprint density at radius 3 is 1.96 bits per heavy atom. The number of unbranched alkanes of at least 4 members (excludes halogenated alkanes) is 3. The van der Waals surface area contributed by atoms with Gasteiger partial charge in [0.1, 0.15) is 0 Å². The molecule has 0 atom stereocenters. The Morgan fingerprint density at radius 1 is 1.04 bits per heavy atom. The van der Waals surface area contributed by atoms with Gasteiger partial charge < -0.3 is 15.1 Å². The SMILES string of the molecule is CC(C)N(C(C)C)N(CCCCCCNC(=O)C(F)(F)F)P(O)O. The minimum Gasteiger partial charge on any atom is -0.348 e. The molecule has 10 heteroatoms. The van der Waals surface area contributed by atoms with Gasteiger partial charge in [-0.05, 0) is 40.5 Å². The first-order chi connectivity index (χ1) is 11.0. The molecule has 0 rings (SSSR count). The molecule has 0 heterocycles. The van der Waals surface area contributed by atoms with E-state index in [1.807, 2.05) is 38.0 Å². The van der Waals surface area contributed by atoms with E-state index < -0.39 is 20.6 Å². The van der Waals surface area contributed by atoms with E-state index in [9.17, 15) is 27.8 Å². The van der Waals surface area contributed by atoms with Crippen LogP contribution in [0.5, 0.6) is 0 Å². The monoisotopic (exact) mass is 375 g/mol. The lowest BCUT2D eigenvalue weighted by atomic mass is 10.2. The van der Waals surface area contributed by atoms with Crippen molar-refractivity contribution >= 4 is 14.4 Å². The van der Waals surface area contributed by atoms with Gasteiger partial charge in [-0.1, -0.05) is 12.8 Å². The second-order valence-electron chi connectivity index (χ2n) is 6.10. The Hall–Kier alpha value is -0.470. The molecule has 0 aromatic rings. The second-order valence-corrected chi connectivity index (χ2v) is 7.10. The normalized spacial score (nSPS) is 12.9. The zero-order valence-corrected chi connectivity index (χ0v) is 15.6. The van der Waals surface area contributed by atoms with E-state index in [4.69, 9.17) is 0 Å². The number of rotatable bonds is 11. The van der Waals surface area contributed by atoms with Crippen LogP contribution in [0.4, 0.5) is 13.2 Å². The van der Waals surface area contributed by atoms with Crippen LogP contribution in [0.25, 0.3) is 0 Å². The molecule has 6 nitrogen and oxygen atoms in total. The number of nitrogens with one attached hydrogen (secondary N) is 1. The maximum atomic E-state index is 12.0. The van der Waals surface area contributed by atoms with E-state index in [-0.39, 0.29) is 18.6 Å². The van der Waals surface area contributed by atoms with Gasteiger partial charge in [0.25, 0.3) is 8.53 Å². The summed E-state index contributed by atoms with van der Waals surface area (Å²) < 4.78 is 37.5. The van der Waals surface area contributed by atoms with Crippen LogP contribution in [0.3, 0.4) is 0 Å². The molecular weight excluding hydrogens is 346 g/mol. The fraction of sp³-hybridized carbons (Fsp3) is 0.929. The van der Waals surface area contributed by atoms with Crippen molar-refractivity contribution in [2.45, 2.75) is 71.6 Å². The molecule has 24 heavy (non-hydrogen) atoms. The van der Waals surface area contributed by atoms with E-state index in [1.165, 1.54) is 0 Å². The molecule has 0 aromatic heterocycles. The average Bonchev–Trinajstić information content (AvgIpc) is 2.42. The lowest BCUT2D eigenvalue weighted by molar-refractivity contribution is -0.173. The zero-order chi connectivity index (χ0) is 18.9. The summed E-state index contributed by atoms with van der Waals surface area (Å²) in [7, 11) is -2.24. The number of amides is 1. The van der Waals surface area contributed by atoms with Gasteiger partial charge in [-0.2, -0.15) is 18.0 Å². The Balaban J connectivity index is 4.08. The van der Waals surface area contributed by atoms with Gasteiger partial charge in [-0.15, -0.1) is 0 Å². The summed E-state index contributed by atoms with van der Waals surface area (Å²) in [6, 6.07) is 0.235. The molecule has 0 spiro atoms. The van der Waals surface area contributed by atoms with Gasteiger partial charge in [0.05, 0.1) is 0 Å². The minimum atomic E-state index is -4.84. The summed E-state index contributed by atoms with van der Waals surface area (Å²) in [4.78, 5) is 29.8. The van der Waals surface area contributed by atoms with Crippen LogP contribution in [0.15, 0.2) is 0 Å². The third-order valence-corrected chi connectivity index (χ3v) is 4.18. The fourth-order valence-corrected chi connectivity index (χ4v) is 3.38. The first kappa shape index (κ1) is 23.5. The standard InChI is InChI=1S/C14H29F3N3O3P/c1-11(2)20(12(3)4)19(24(22)23)10-8-6-5-7-9-18-13(21)14(15,16)17/h11-12,22-23H,5-10H2,1-4H3,(H,18,21). The molecule has 0 saturated heterocycles. The molecule has 0 aliphatic heterocycles. The van der Waals surface area contributed by atoms with E-state index in [2.05, 4.69) is 0 Å². The Labute approximate surface area is 142 Å². The minimum absolute atomic E-state index is 0.0150. The van der Waals surface area contributed by atoms with Crippen molar-refractivity contribution in [3.8, 4) is 0 Å². The van der Waals surface area contributed by atoms with Crippen LogP contribution in [0.1, 0.15) is 53.4 Å². The molecule has 0 aliphatic rings. The number of alkyl halides is 3. The fourth-order valence-electron chi connectivity index (χ4n) is 2.46. The van der Waals surface area contributed by atoms with Crippen molar-refractivity contribution in [3.63, 3.8) is 0 Å². The van der Waals surface area contributed by atoms with Crippen molar-refractivity contribution in [1.29, 1.82) is 0 Å². The lowest BCUT2D eigenvalue weighted by Gasteiger charge is -2.40. The van der Waals surface area contributed by atoms with Gasteiger partial charge in [-0.3, -0.25) is 4.79 Å². The summed E-state index contributed by atoms with van der Waals surface area (Å²) in [6.45, 7) is 8.32. The first-order valence-corrected chi connectivity index (χ1v) is 9.27. The van der Waals surface area contributed by atoms with E-state index in [0.29, 0.717) is 25.8 Å². The predicted molar refractivity (Wildman–Crippen MR) is 87.7 cm³/mol. The van der Waals surface area contributed by atoms with E-state index in [1.54, 1.807) is 4.78 Å². The maximum absolute atomic E-state index is 12.0. The highest BCUT2D eigenvalue weighted by molar-refractivity contribution is 7.42. The van der Waals surface area contributed by atoms with Gasteiger partial charge in [0.2, 0.25) is 0 Å². The topological polar surface area (TPSA) is 76.0 Å². The van der Waals surface area contributed by atoms with Gasteiger partial charge >= 0.3 is 12.1 Å². The van der Waals surface area contributed by atoms with E-state index in [0.717, 1.165) is 6.42 Å². The molecule has 0 aliphatic carbocycles. The van der Waals surface area contributed by atoms with Crippen molar-refractivity contribution < 1.29 is 27.8 Å². The molecule has 3 N–H and O–H groups in total.